The molecular weight excluding hydrogens is 150 g/mol. The molecule has 0 aliphatic carbocycles. The van der Waals surface area contributed by atoms with Gasteiger partial charge in [0.05, 0.1) is 0 Å². The normalized spacial score (nSPS) is 13.6. The van der Waals surface area contributed by atoms with Crippen molar-refractivity contribution in [1.29, 1.82) is 0 Å². The van der Waals surface area contributed by atoms with Gasteiger partial charge < -0.3 is 10.8 Å². The summed E-state index contributed by atoms with van der Waals surface area (Å²) in [4.78, 5) is 10.3. The molecule has 4 heteroatoms. The number of rotatable bonds is 4. The van der Waals surface area contributed by atoms with Gasteiger partial charge in [-0.05, 0) is 5.25 Å². The Balaban J connectivity index is 3.40. The van der Waals surface area contributed by atoms with E-state index in [0.717, 1.165) is 0 Å². The third-order valence-corrected chi connectivity index (χ3v) is 2.16. The summed E-state index contributed by atoms with van der Waals surface area (Å²) in [5.41, 5.74) is 5.31. The van der Waals surface area contributed by atoms with E-state index in [9.17, 15) is 4.79 Å². The lowest BCUT2D eigenvalue weighted by Gasteiger charge is -2.04. The second kappa shape index (κ2) is 4.57. The Kier molecular flexibility index (Phi) is 4.47. The maximum absolute atomic E-state index is 10.3. The van der Waals surface area contributed by atoms with E-state index in [4.69, 9.17) is 10.8 Å². The molecule has 0 aliphatic rings. The molecule has 0 heterocycles. The Labute approximate surface area is 65.0 Å². The summed E-state index contributed by atoms with van der Waals surface area (Å²) in [5.74, 6) is -0.117. The predicted molar refractivity (Wildman–Crippen MR) is 44.2 cm³/mol. The van der Waals surface area contributed by atoms with Crippen molar-refractivity contribution in [1.82, 2.24) is 0 Å². The highest BCUT2D eigenvalue weighted by atomic mass is 32.2. The standard InChI is InChI=1S/C6H13NO2S/c1-4(2)10-3-5(7)6(8)9/h4-5H,3,7H2,1-2H3,(H,8,9)/p+1. The zero-order chi connectivity index (χ0) is 8.15. The van der Waals surface area contributed by atoms with Crippen LogP contribution in [0.4, 0.5) is 0 Å². The van der Waals surface area contributed by atoms with Crippen LogP contribution in [-0.4, -0.2) is 28.1 Å². The molecule has 3 nitrogen and oxygen atoms in total. The highest BCUT2D eigenvalue weighted by Crippen LogP contribution is 2.09. The predicted octanol–water partition coefficient (Wildman–Crippen LogP) is -0.294. The van der Waals surface area contributed by atoms with Crippen molar-refractivity contribution in [3.05, 3.63) is 0 Å². The van der Waals surface area contributed by atoms with Gasteiger partial charge in [-0.15, -0.1) is 0 Å². The molecule has 0 amide bonds. The number of hydrogen-bond acceptors (Lipinski definition) is 3. The first-order chi connectivity index (χ1) is 4.54. The first kappa shape index (κ1) is 9.78. The second-order valence-corrected chi connectivity index (χ2v) is 3.96. The van der Waals surface area contributed by atoms with Crippen LogP contribution in [-0.2, 0) is 4.79 Å². The highest BCUT2D eigenvalue weighted by molar-refractivity contribution is 7.99. The van der Waals surface area contributed by atoms with Crippen LogP contribution in [0.1, 0.15) is 13.8 Å². The lowest BCUT2D eigenvalue weighted by atomic mass is 10.4. The fourth-order valence-electron chi connectivity index (χ4n) is 0.372. The average molecular weight is 164 g/mol. The van der Waals surface area contributed by atoms with E-state index in [1.807, 2.05) is 13.8 Å². The number of thioether (sulfide) groups is 1. The van der Waals surface area contributed by atoms with E-state index in [1.165, 1.54) is 0 Å². The molecule has 0 bridgehead atoms. The van der Waals surface area contributed by atoms with Crippen LogP contribution in [0.3, 0.4) is 0 Å². The second-order valence-electron chi connectivity index (χ2n) is 2.35. The Morgan fingerprint density at radius 2 is 2.20 bits per heavy atom. The summed E-state index contributed by atoms with van der Waals surface area (Å²) in [6, 6.07) is -0.604. The smallest absolute Gasteiger partial charge is 0.533 e. The van der Waals surface area contributed by atoms with Crippen LogP contribution in [0, 0.1) is 0 Å². The van der Waals surface area contributed by atoms with Crippen LogP contribution >= 0.6 is 11.8 Å². The monoisotopic (exact) mass is 164 g/mol. The van der Waals surface area contributed by atoms with Crippen LogP contribution in [0.5, 0.6) is 0 Å². The largest absolute Gasteiger partial charge is 0.564 e. The van der Waals surface area contributed by atoms with Gasteiger partial charge in [-0.2, -0.15) is 11.8 Å². The molecule has 0 radical (unpaired) electrons. The maximum Gasteiger partial charge on any atom is 0.533 e. The molecule has 0 aromatic carbocycles. The zero-order valence-electron chi connectivity index (χ0n) is 6.26. The summed E-state index contributed by atoms with van der Waals surface area (Å²) in [6.07, 6.45) is 0. The number of hydrogen-bond donors (Lipinski definition) is 1. The van der Waals surface area contributed by atoms with Gasteiger partial charge in [0, 0.05) is 10.5 Å². The molecule has 60 valence electrons. The zero-order valence-corrected chi connectivity index (χ0v) is 7.07. The molecule has 0 fully saturated rings. The number of carbonyl (C=O) groups excluding carboxylic acids is 1. The minimum Gasteiger partial charge on any atom is -0.564 e. The molecule has 0 saturated heterocycles. The quantitative estimate of drug-likeness (QED) is 0.580. The van der Waals surface area contributed by atoms with Gasteiger partial charge in [0.25, 0.3) is 0 Å². The van der Waals surface area contributed by atoms with Crippen molar-refractivity contribution in [2.45, 2.75) is 25.1 Å². The highest BCUT2D eigenvalue weighted by Gasteiger charge is 2.19. The molecular formula is C6H14NO2S+. The van der Waals surface area contributed by atoms with Gasteiger partial charge in [0.15, 0.2) is 6.04 Å². The molecule has 10 heavy (non-hydrogen) atoms. The summed E-state index contributed by atoms with van der Waals surface area (Å²) in [7, 11) is 0. The Morgan fingerprint density at radius 3 is 2.50 bits per heavy atom. The summed E-state index contributed by atoms with van der Waals surface area (Å²) in [6.45, 7) is 4.07. The topological polar surface area (TPSA) is 66.0 Å². The molecule has 0 aliphatic heterocycles. The third kappa shape index (κ3) is 4.64. The van der Waals surface area contributed by atoms with E-state index >= 15 is 0 Å². The molecule has 1 unspecified atom stereocenters. The van der Waals surface area contributed by atoms with Crippen molar-refractivity contribution in [3.63, 3.8) is 0 Å². The van der Waals surface area contributed by atoms with E-state index in [2.05, 4.69) is 0 Å². The van der Waals surface area contributed by atoms with Crippen molar-refractivity contribution < 1.29 is 9.90 Å². The average Bonchev–Trinajstić information content (AvgIpc) is 1.82. The van der Waals surface area contributed by atoms with Crippen molar-refractivity contribution >= 4 is 17.7 Å². The van der Waals surface area contributed by atoms with Gasteiger partial charge >= 0.3 is 5.97 Å². The molecule has 1 atom stereocenters. The lowest BCUT2D eigenvalue weighted by molar-refractivity contribution is -0.137. The first-order valence-electron chi connectivity index (χ1n) is 3.16. The summed E-state index contributed by atoms with van der Waals surface area (Å²) >= 11 is 1.60. The molecule has 0 aromatic rings. The van der Waals surface area contributed by atoms with Crippen molar-refractivity contribution in [3.8, 4) is 0 Å². The van der Waals surface area contributed by atoms with Crippen LogP contribution in [0.15, 0.2) is 0 Å². The van der Waals surface area contributed by atoms with Crippen LogP contribution < -0.4 is 5.73 Å². The van der Waals surface area contributed by atoms with E-state index in [0.29, 0.717) is 11.0 Å². The van der Waals surface area contributed by atoms with Gasteiger partial charge in [-0.25, -0.2) is 0 Å². The Morgan fingerprint density at radius 1 is 1.70 bits per heavy atom. The summed E-state index contributed by atoms with van der Waals surface area (Å²) in [5, 5.41) is 7.13. The SMILES string of the molecule is CC(C)SCC(N)C(=O)[OH2+]. The lowest BCUT2D eigenvalue weighted by Crippen LogP contribution is -2.32. The van der Waals surface area contributed by atoms with Crippen molar-refractivity contribution in [2.75, 3.05) is 5.75 Å². The fraction of sp³-hybridized carbons (Fsp3) is 0.833. The molecule has 0 saturated carbocycles. The molecule has 0 rings (SSSR count). The number of nitrogens with two attached hydrogens (primary N) is 1. The van der Waals surface area contributed by atoms with Gasteiger partial charge in [-0.3, -0.25) is 0 Å². The maximum atomic E-state index is 10.3. The van der Waals surface area contributed by atoms with E-state index in [1.54, 1.807) is 11.8 Å². The minimum atomic E-state index is -0.673. The molecule has 0 aromatic heterocycles. The van der Waals surface area contributed by atoms with Gasteiger partial charge in [-0.1, -0.05) is 13.8 Å². The Bertz CT molecular complexity index is 116. The first-order valence-corrected chi connectivity index (χ1v) is 4.21. The molecule has 0 spiro atoms. The number of carbonyl (C=O) groups is 1. The molecule has 4 N–H and O–H groups in total. The summed E-state index contributed by atoms with van der Waals surface area (Å²) < 4.78 is 0. The Hall–Kier alpha value is -0.220. The minimum absolute atomic E-state index is 0.477. The van der Waals surface area contributed by atoms with E-state index < -0.39 is 12.0 Å². The van der Waals surface area contributed by atoms with Crippen molar-refractivity contribution in [2.24, 2.45) is 5.73 Å². The van der Waals surface area contributed by atoms with Crippen LogP contribution in [0.2, 0.25) is 0 Å². The van der Waals surface area contributed by atoms with Crippen LogP contribution in [0.25, 0.3) is 0 Å². The van der Waals surface area contributed by atoms with Gasteiger partial charge in [0.2, 0.25) is 0 Å². The van der Waals surface area contributed by atoms with E-state index in [-0.39, 0.29) is 0 Å². The van der Waals surface area contributed by atoms with Gasteiger partial charge in [0.1, 0.15) is 0 Å². The third-order valence-electron chi connectivity index (χ3n) is 0.946. The fourth-order valence-corrected chi connectivity index (χ4v) is 1.12.